The molecule has 0 unspecified atom stereocenters. The number of benzene rings is 2. The van der Waals surface area contributed by atoms with Crippen molar-refractivity contribution in [3.8, 4) is 23.0 Å². The Morgan fingerprint density at radius 2 is 1.68 bits per heavy atom. The standard InChI is InChI=1S/C16H17Cl2O6P/c1-9(2)12-5-10(3-4-15(12)19)24-16-13(17)6-11(7-14(16)18)23-8-25(20,21)22/h3-7,9,19H,8H2,1-2H3,(H2,20,21,22). The van der Waals surface area contributed by atoms with Crippen molar-refractivity contribution < 1.29 is 28.9 Å². The van der Waals surface area contributed by atoms with Crippen LogP contribution >= 0.6 is 30.8 Å². The molecular weight excluding hydrogens is 390 g/mol. The molecule has 0 aliphatic carbocycles. The molecule has 0 saturated carbocycles. The fourth-order valence-corrected chi connectivity index (χ4v) is 2.91. The van der Waals surface area contributed by atoms with Crippen molar-refractivity contribution in [2.45, 2.75) is 19.8 Å². The maximum absolute atomic E-state index is 10.9. The van der Waals surface area contributed by atoms with Crippen molar-refractivity contribution >= 4 is 30.8 Å². The van der Waals surface area contributed by atoms with E-state index in [1.807, 2.05) is 13.8 Å². The number of halogens is 2. The van der Waals surface area contributed by atoms with Gasteiger partial charge in [-0.1, -0.05) is 37.0 Å². The normalized spacial score (nSPS) is 11.6. The Bertz CT molecular complexity index is 795. The average Bonchev–Trinajstić information content (AvgIpc) is 2.49. The van der Waals surface area contributed by atoms with Gasteiger partial charge in [0, 0.05) is 17.7 Å². The smallest absolute Gasteiger partial charge is 0.362 e. The van der Waals surface area contributed by atoms with Crippen LogP contribution in [0.3, 0.4) is 0 Å². The Morgan fingerprint density at radius 3 is 2.20 bits per heavy atom. The molecule has 0 bridgehead atoms. The lowest BCUT2D eigenvalue weighted by atomic mass is 10.0. The van der Waals surface area contributed by atoms with E-state index in [-0.39, 0.29) is 33.2 Å². The third-order valence-corrected chi connectivity index (χ3v) is 4.24. The van der Waals surface area contributed by atoms with Crippen LogP contribution in [0.25, 0.3) is 0 Å². The number of phenolic OH excluding ortho intramolecular Hbond substituents is 1. The summed E-state index contributed by atoms with van der Waals surface area (Å²) in [6.07, 6.45) is -0.782. The van der Waals surface area contributed by atoms with Gasteiger partial charge in [0.05, 0.1) is 10.0 Å². The molecule has 0 saturated heterocycles. The quantitative estimate of drug-likeness (QED) is 0.575. The summed E-state index contributed by atoms with van der Waals surface area (Å²) in [7, 11) is -4.31. The van der Waals surface area contributed by atoms with Gasteiger partial charge < -0.3 is 24.4 Å². The zero-order valence-corrected chi connectivity index (χ0v) is 15.8. The van der Waals surface area contributed by atoms with Gasteiger partial charge in [0.25, 0.3) is 0 Å². The summed E-state index contributed by atoms with van der Waals surface area (Å²) in [5.74, 6) is 0.986. The predicted octanol–water partition coefficient (Wildman–Crippen LogP) is 5.13. The van der Waals surface area contributed by atoms with Crippen molar-refractivity contribution in [3.05, 3.63) is 45.9 Å². The third-order valence-electron chi connectivity index (χ3n) is 3.21. The molecule has 2 aromatic rings. The highest BCUT2D eigenvalue weighted by Crippen LogP contribution is 2.42. The van der Waals surface area contributed by atoms with E-state index in [4.69, 9.17) is 42.5 Å². The second-order valence-corrected chi connectivity index (χ2v) is 8.03. The summed E-state index contributed by atoms with van der Waals surface area (Å²) in [5.41, 5.74) is 0.714. The largest absolute Gasteiger partial charge is 0.508 e. The van der Waals surface area contributed by atoms with E-state index in [9.17, 15) is 9.67 Å². The van der Waals surface area contributed by atoms with Crippen LogP contribution in [0.5, 0.6) is 23.0 Å². The Kier molecular flexibility index (Phi) is 6.25. The second kappa shape index (κ2) is 7.85. The maximum atomic E-state index is 10.9. The van der Waals surface area contributed by atoms with Crippen molar-refractivity contribution in [1.82, 2.24) is 0 Å². The number of aromatic hydroxyl groups is 1. The van der Waals surface area contributed by atoms with Gasteiger partial charge in [-0.25, -0.2) is 0 Å². The number of hydrogen-bond acceptors (Lipinski definition) is 4. The molecule has 25 heavy (non-hydrogen) atoms. The topological polar surface area (TPSA) is 96.2 Å². The number of phenols is 1. The first-order chi connectivity index (χ1) is 11.6. The molecule has 136 valence electrons. The molecule has 0 fully saturated rings. The Labute approximate surface area is 155 Å². The van der Waals surface area contributed by atoms with E-state index in [1.165, 1.54) is 18.2 Å². The average molecular weight is 407 g/mol. The van der Waals surface area contributed by atoms with Crippen LogP contribution in [0.1, 0.15) is 25.3 Å². The zero-order chi connectivity index (χ0) is 18.8. The molecule has 0 aliphatic heterocycles. The summed E-state index contributed by atoms with van der Waals surface area (Å²) in [4.78, 5) is 17.7. The highest BCUT2D eigenvalue weighted by Gasteiger charge is 2.17. The van der Waals surface area contributed by atoms with Crippen molar-refractivity contribution in [3.63, 3.8) is 0 Å². The predicted molar refractivity (Wildman–Crippen MR) is 96.3 cm³/mol. The molecular formula is C16H17Cl2O6P. The van der Waals surface area contributed by atoms with E-state index in [2.05, 4.69) is 0 Å². The summed E-state index contributed by atoms with van der Waals surface area (Å²) in [5, 5.41) is 10.1. The van der Waals surface area contributed by atoms with Crippen LogP contribution < -0.4 is 9.47 Å². The fourth-order valence-electron chi connectivity index (χ4n) is 2.05. The number of ether oxygens (including phenoxy) is 2. The summed E-state index contributed by atoms with van der Waals surface area (Å²) >= 11 is 12.3. The van der Waals surface area contributed by atoms with Gasteiger partial charge in [-0.3, -0.25) is 4.57 Å². The highest BCUT2D eigenvalue weighted by molar-refractivity contribution is 7.51. The van der Waals surface area contributed by atoms with Crippen molar-refractivity contribution in [1.29, 1.82) is 0 Å². The number of rotatable bonds is 6. The first-order valence-electron chi connectivity index (χ1n) is 7.24. The SMILES string of the molecule is CC(C)c1cc(Oc2c(Cl)cc(OCP(=O)(O)O)cc2Cl)ccc1O. The minimum absolute atomic E-state index is 0.0953. The lowest BCUT2D eigenvalue weighted by molar-refractivity contribution is 0.300. The lowest BCUT2D eigenvalue weighted by Gasteiger charge is -2.15. The Balaban J connectivity index is 2.26. The first kappa shape index (κ1) is 19.9. The zero-order valence-electron chi connectivity index (χ0n) is 13.4. The third kappa shape index (κ3) is 5.53. The summed E-state index contributed by atoms with van der Waals surface area (Å²) in [6, 6.07) is 7.48. The first-order valence-corrected chi connectivity index (χ1v) is 9.79. The minimum atomic E-state index is -4.31. The molecule has 0 spiro atoms. The molecule has 3 N–H and O–H groups in total. The molecule has 0 aliphatic rings. The van der Waals surface area contributed by atoms with Gasteiger partial charge in [-0.05, 0) is 24.1 Å². The number of hydrogen-bond donors (Lipinski definition) is 3. The minimum Gasteiger partial charge on any atom is -0.508 e. The van der Waals surface area contributed by atoms with Crippen molar-refractivity contribution in [2.24, 2.45) is 0 Å². The van der Waals surface area contributed by atoms with E-state index < -0.39 is 13.9 Å². The van der Waals surface area contributed by atoms with E-state index >= 15 is 0 Å². The molecule has 2 aromatic carbocycles. The highest BCUT2D eigenvalue weighted by atomic mass is 35.5. The van der Waals surface area contributed by atoms with Gasteiger partial charge in [-0.2, -0.15) is 0 Å². The molecule has 0 aromatic heterocycles. The van der Waals surface area contributed by atoms with Gasteiger partial charge in [0.1, 0.15) is 17.2 Å². The molecule has 0 heterocycles. The monoisotopic (exact) mass is 406 g/mol. The van der Waals surface area contributed by atoms with Crippen LogP contribution in [-0.2, 0) is 4.57 Å². The van der Waals surface area contributed by atoms with E-state index in [0.29, 0.717) is 11.3 Å². The van der Waals surface area contributed by atoms with E-state index in [0.717, 1.165) is 0 Å². The van der Waals surface area contributed by atoms with Crippen LogP contribution in [0.4, 0.5) is 0 Å². The molecule has 0 atom stereocenters. The van der Waals surface area contributed by atoms with Gasteiger partial charge in [0.15, 0.2) is 12.1 Å². The Morgan fingerprint density at radius 1 is 1.08 bits per heavy atom. The molecule has 2 rings (SSSR count). The van der Waals surface area contributed by atoms with Crippen LogP contribution in [0, 0.1) is 0 Å². The molecule has 0 radical (unpaired) electrons. The van der Waals surface area contributed by atoms with E-state index in [1.54, 1.807) is 12.1 Å². The Hall–Kier alpha value is -1.43. The van der Waals surface area contributed by atoms with Gasteiger partial charge >= 0.3 is 7.60 Å². The van der Waals surface area contributed by atoms with Crippen LogP contribution in [0.2, 0.25) is 10.0 Å². The van der Waals surface area contributed by atoms with Gasteiger partial charge in [0.2, 0.25) is 0 Å². The summed E-state index contributed by atoms with van der Waals surface area (Å²) in [6.45, 7) is 3.87. The van der Waals surface area contributed by atoms with Crippen LogP contribution in [0.15, 0.2) is 30.3 Å². The molecule has 6 nitrogen and oxygen atoms in total. The molecule has 0 amide bonds. The van der Waals surface area contributed by atoms with Crippen LogP contribution in [-0.4, -0.2) is 21.2 Å². The summed E-state index contributed by atoms with van der Waals surface area (Å²) < 4.78 is 21.5. The second-order valence-electron chi connectivity index (χ2n) is 5.63. The fraction of sp³-hybridized carbons (Fsp3) is 0.250. The van der Waals surface area contributed by atoms with Crippen molar-refractivity contribution in [2.75, 3.05) is 6.35 Å². The van der Waals surface area contributed by atoms with Gasteiger partial charge in [-0.15, -0.1) is 0 Å². The molecule has 9 heteroatoms. The lowest BCUT2D eigenvalue weighted by Crippen LogP contribution is -1.98. The maximum Gasteiger partial charge on any atom is 0.362 e.